The van der Waals surface area contributed by atoms with Crippen LogP contribution in [0.15, 0.2) is 35.8 Å². The Bertz CT molecular complexity index is 671. The number of nitro groups is 1. The average molecular weight is 347 g/mol. The number of nitrogens with zero attached hydrogens (tertiary/aromatic N) is 4. The Morgan fingerprint density at radius 2 is 2.12 bits per heavy atom. The molecule has 1 unspecified atom stereocenters. The van der Waals surface area contributed by atoms with E-state index in [1.165, 1.54) is 10.9 Å². The first-order chi connectivity index (χ1) is 11.6. The highest BCUT2D eigenvalue weighted by Gasteiger charge is 2.25. The molecule has 1 saturated heterocycles. The number of piperazine rings is 1. The van der Waals surface area contributed by atoms with Gasteiger partial charge < -0.3 is 10.2 Å². The maximum atomic E-state index is 11.1. The smallest absolute Gasteiger partial charge is 0.311 e. The molecule has 128 valence electrons. The molecule has 0 spiro atoms. The summed E-state index contributed by atoms with van der Waals surface area (Å²) in [7, 11) is 2.13. The number of nitrogens with one attached hydrogen (secondary N) is 1. The maximum Gasteiger partial charge on any atom is 0.311 e. The highest BCUT2D eigenvalue weighted by Crippen LogP contribution is 2.28. The maximum absolute atomic E-state index is 11.1. The van der Waals surface area contributed by atoms with Gasteiger partial charge in [0.2, 0.25) is 5.82 Å². The number of anilines is 1. The first-order valence-corrected chi connectivity index (χ1v) is 8.82. The number of rotatable bonds is 6. The molecule has 0 radical (unpaired) electrons. The summed E-state index contributed by atoms with van der Waals surface area (Å²) in [5.74, 6) is 0.332. The number of hydrogen-bond acceptors (Lipinski definition) is 7. The minimum atomic E-state index is -0.397. The van der Waals surface area contributed by atoms with Crippen molar-refractivity contribution in [2.24, 2.45) is 0 Å². The molecule has 1 N–H and O–H groups in total. The van der Waals surface area contributed by atoms with E-state index in [0.717, 1.165) is 26.2 Å². The normalized spacial score (nSPS) is 17.5. The Morgan fingerprint density at radius 3 is 2.79 bits per heavy atom. The van der Waals surface area contributed by atoms with Crippen LogP contribution in [0.4, 0.5) is 11.5 Å². The van der Waals surface area contributed by atoms with Gasteiger partial charge in [-0.3, -0.25) is 15.0 Å². The van der Waals surface area contributed by atoms with Crippen LogP contribution in [-0.2, 0) is 0 Å². The second kappa shape index (κ2) is 7.69. The lowest BCUT2D eigenvalue weighted by atomic mass is 10.1. The van der Waals surface area contributed by atoms with Crippen LogP contribution < -0.4 is 5.32 Å². The van der Waals surface area contributed by atoms with Crippen LogP contribution in [0.3, 0.4) is 0 Å². The number of pyridine rings is 1. The van der Waals surface area contributed by atoms with E-state index in [0.29, 0.717) is 12.4 Å². The van der Waals surface area contributed by atoms with Gasteiger partial charge in [-0.05, 0) is 24.6 Å². The van der Waals surface area contributed by atoms with Crippen LogP contribution in [0, 0.1) is 10.1 Å². The van der Waals surface area contributed by atoms with Crippen molar-refractivity contribution in [2.45, 2.75) is 6.04 Å². The summed E-state index contributed by atoms with van der Waals surface area (Å²) in [6.07, 6.45) is 1.57. The molecule has 1 fully saturated rings. The van der Waals surface area contributed by atoms with Crippen molar-refractivity contribution in [3.8, 4) is 0 Å². The number of thiophene rings is 1. The summed E-state index contributed by atoms with van der Waals surface area (Å²) >= 11 is 1.72. The second-order valence-electron chi connectivity index (χ2n) is 5.88. The van der Waals surface area contributed by atoms with Gasteiger partial charge >= 0.3 is 5.69 Å². The molecule has 0 aliphatic carbocycles. The first kappa shape index (κ1) is 16.8. The lowest BCUT2D eigenvalue weighted by Crippen LogP contribution is -2.47. The molecular weight excluding hydrogens is 326 g/mol. The molecular formula is C16H21N5O2S. The minimum Gasteiger partial charge on any atom is -0.362 e. The SMILES string of the molecule is CN1CCN(C(CNc2ncccc2[N+](=O)[O-])c2cccs2)CC1. The Balaban J connectivity index is 1.74. The van der Waals surface area contributed by atoms with Crippen molar-refractivity contribution in [2.75, 3.05) is 45.1 Å². The van der Waals surface area contributed by atoms with Crippen LogP contribution in [0.1, 0.15) is 10.9 Å². The Morgan fingerprint density at radius 1 is 1.33 bits per heavy atom. The predicted molar refractivity (Wildman–Crippen MR) is 95.5 cm³/mol. The fraction of sp³-hybridized carbons (Fsp3) is 0.438. The fourth-order valence-corrected chi connectivity index (χ4v) is 3.76. The van der Waals surface area contributed by atoms with Gasteiger partial charge in [-0.15, -0.1) is 11.3 Å². The molecule has 0 amide bonds. The first-order valence-electron chi connectivity index (χ1n) is 7.94. The molecule has 3 rings (SSSR count). The van der Waals surface area contributed by atoms with Gasteiger partial charge in [-0.25, -0.2) is 4.98 Å². The second-order valence-corrected chi connectivity index (χ2v) is 6.86. The van der Waals surface area contributed by atoms with Crippen molar-refractivity contribution < 1.29 is 4.92 Å². The summed E-state index contributed by atoms with van der Waals surface area (Å²) in [5, 5.41) is 16.4. The molecule has 0 aromatic carbocycles. The van der Waals surface area contributed by atoms with Crippen molar-refractivity contribution in [1.29, 1.82) is 0 Å². The fourth-order valence-electron chi connectivity index (χ4n) is 2.90. The summed E-state index contributed by atoms with van der Waals surface area (Å²) < 4.78 is 0. The molecule has 1 aliphatic heterocycles. The average Bonchev–Trinajstić information content (AvgIpc) is 3.11. The van der Waals surface area contributed by atoms with Crippen LogP contribution in [0.25, 0.3) is 0 Å². The van der Waals surface area contributed by atoms with Gasteiger partial charge in [-0.1, -0.05) is 6.07 Å². The van der Waals surface area contributed by atoms with Gasteiger partial charge in [0.15, 0.2) is 0 Å². The zero-order valence-electron chi connectivity index (χ0n) is 13.6. The molecule has 7 nitrogen and oxygen atoms in total. The molecule has 24 heavy (non-hydrogen) atoms. The van der Waals surface area contributed by atoms with Crippen LogP contribution >= 0.6 is 11.3 Å². The zero-order valence-corrected chi connectivity index (χ0v) is 14.4. The Kier molecular flexibility index (Phi) is 5.39. The number of hydrogen-bond donors (Lipinski definition) is 1. The van der Waals surface area contributed by atoms with Gasteiger partial charge in [0.05, 0.1) is 11.0 Å². The lowest BCUT2D eigenvalue weighted by molar-refractivity contribution is -0.384. The quantitative estimate of drug-likeness (QED) is 0.639. The van der Waals surface area contributed by atoms with E-state index in [-0.39, 0.29) is 11.7 Å². The van der Waals surface area contributed by atoms with Gasteiger partial charge in [0, 0.05) is 49.9 Å². The van der Waals surface area contributed by atoms with Crippen LogP contribution in [0.5, 0.6) is 0 Å². The largest absolute Gasteiger partial charge is 0.362 e. The van der Waals surface area contributed by atoms with Crippen LogP contribution in [0.2, 0.25) is 0 Å². The van der Waals surface area contributed by atoms with E-state index < -0.39 is 4.92 Å². The van der Waals surface area contributed by atoms with E-state index in [1.807, 2.05) is 6.07 Å². The van der Waals surface area contributed by atoms with Gasteiger partial charge in [0.25, 0.3) is 0 Å². The minimum absolute atomic E-state index is 0.0146. The zero-order chi connectivity index (χ0) is 16.9. The topological polar surface area (TPSA) is 74.5 Å². The van der Waals surface area contributed by atoms with Crippen molar-refractivity contribution in [1.82, 2.24) is 14.8 Å². The van der Waals surface area contributed by atoms with E-state index >= 15 is 0 Å². The third-order valence-corrected chi connectivity index (χ3v) is 5.27. The molecule has 2 aromatic rings. The lowest BCUT2D eigenvalue weighted by Gasteiger charge is -2.37. The summed E-state index contributed by atoms with van der Waals surface area (Å²) in [4.78, 5) is 20.9. The summed E-state index contributed by atoms with van der Waals surface area (Å²) in [5.41, 5.74) is 0.0146. The molecule has 3 heterocycles. The highest BCUT2D eigenvalue weighted by atomic mass is 32.1. The highest BCUT2D eigenvalue weighted by molar-refractivity contribution is 7.10. The third kappa shape index (κ3) is 3.89. The van der Waals surface area contributed by atoms with Crippen molar-refractivity contribution >= 4 is 22.8 Å². The van der Waals surface area contributed by atoms with E-state index in [1.54, 1.807) is 23.6 Å². The van der Waals surface area contributed by atoms with Gasteiger partial charge in [-0.2, -0.15) is 0 Å². The number of aromatic nitrogens is 1. The van der Waals surface area contributed by atoms with Crippen LogP contribution in [-0.4, -0.2) is 59.5 Å². The molecule has 2 aromatic heterocycles. The van der Waals surface area contributed by atoms with Crippen molar-refractivity contribution in [3.05, 3.63) is 50.8 Å². The van der Waals surface area contributed by atoms with E-state index in [9.17, 15) is 10.1 Å². The summed E-state index contributed by atoms with van der Waals surface area (Å²) in [6.45, 7) is 4.65. The molecule has 0 saturated carbocycles. The molecule has 1 aliphatic rings. The molecule has 8 heteroatoms. The third-order valence-electron chi connectivity index (χ3n) is 4.30. The molecule has 0 bridgehead atoms. The molecule has 1 atom stereocenters. The van der Waals surface area contributed by atoms with Crippen molar-refractivity contribution in [3.63, 3.8) is 0 Å². The van der Waals surface area contributed by atoms with E-state index in [2.05, 4.69) is 38.6 Å². The van der Waals surface area contributed by atoms with E-state index in [4.69, 9.17) is 0 Å². The summed E-state index contributed by atoms with van der Waals surface area (Å²) in [6, 6.07) is 7.43. The Labute approximate surface area is 145 Å². The van der Waals surface area contributed by atoms with Gasteiger partial charge in [0.1, 0.15) is 0 Å². The monoisotopic (exact) mass is 347 g/mol. The standard InChI is InChI=1S/C16H21N5O2S/c1-19-7-9-20(10-8-19)14(15-5-3-11-24-15)12-18-16-13(21(22)23)4-2-6-17-16/h2-6,11,14H,7-10,12H2,1H3,(H,17,18). The number of likely N-dealkylation sites (N-methyl/N-ethyl adjacent to an activating group) is 1. The Hall–Kier alpha value is -2.03. The predicted octanol–water partition coefficient (Wildman–Crippen LogP) is 2.45.